The van der Waals surface area contributed by atoms with E-state index in [9.17, 15) is 5.11 Å². The van der Waals surface area contributed by atoms with Gasteiger partial charge in [0.25, 0.3) is 0 Å². The Bertz CT molecular complexity index is 328. The summed E-state index contributed by atoms with van der Waals surface area (Å²) in [7, 11) is 0. The number of phenolic OH excluding ortho intramolecular Hbond substituents is 1. The molecule has 0 heterocycles. The van der Waals surface area contributed by atoms with Crippen LogP contribution in [0.1, 0.15) is 25.0 Å². The molecule has 0 saturated carbocycles. The van der Waals surface area contributed by atoms with Crippen molar-refractivity contribution in [2.24, 2.45) is 5.73 Å². The van der Waals surface area contributed by atoms with Crippen molar-refractivity contribution >= 4 is 15.9 Å². The fourth-order valence-electron chi connectivity index (χ4n) is 1.22. The number of halogens is 1. The summed E-state index contributed by atoms with van der Waals surface area (Å²) < 4.78 is 0.970. The second-order valence-electron chi connectivity index (χ2n) is 3.85. The Morgan fingerprint density at radius 3 is 2.38 bits per heavy atom. The van der Waals surface area contributed by atoms with Crippen LogP contribution in [0.3, 0.4) is 0 Å². The average Bonchev–Trinajstić information content (AvgIpc) is 1.94. The Balaban J connectivity index is 3.37. The van der Waals surface area contributed by atoms with Crippen LogP contribution in [0.5, 0.6) is 5.75 Å². The van der Waals surface area contributed by atoms with Gasteiger partial charge in [-0.25, -0.2) is 0 Å². The van der Waals surface area contributed by atoms with E-state index in [1.807, 2.05) is 20.8 Å². The standard InChI is InChI=1S/C10H14BrNO/c1-6-4-7(13)5-8(9(6)11)10(2,3)12/h4-5,13H,12H2,1-3H3. The van der Waals surface area contributed by atoms with E-state index in [4.69, 9.17) is 5.73 Å². The van der Waals surface area contributed by atoms with Crippen molar-refractivity contribution in [2.75, 3.05) is 0 Å². The first-order valence-electron chi connectivity index (χ1n) is 4.11. The van der Waals surface area contributed by atoms with E-state index in [0.29, 0.717) is 0 Å². The number of hydrogen-bond acceptors (Lipinski definition) is 2. The molecule has 3 heteroatoms. The van der Waals surface area contributed by atoms with Gasteiger partial charge in [-0.15, -0.1) is 0 Å². The summed E-state index contributed by atoms with van der Waals surface area (Å²) in [4.78, 5) is 0. The monoisotopic (exact) mass is 243 g/mol. The zero-order chi connectivity index (χ0) is 10.2. The molecule has 0 aliphatic heterocycles. The first-order chi connectivity index (χ1) is 5.82. The molecule has 0 radical (unpaired) electrons. The van der Waals surface area contributed by atoms with Crippen LogP contribution in [-0.2, 0) is 5.54 Å². The summed E-state index contributed by atoms with van der Waals surface area (Å²) in [6, 6.07) is 3.40. The van der Waals surface area contributed by atoms with Gasteiger partial charge in [0.2, 0.25) is 0 Å². The van der Waals surface area contributed by atoms with Gasteiger partial charge >= 0.3 is 0 Å². The third-order valence-corrected chi connectivity index (χ3v) is 2.99. The number of aromatic hydroxyl groups is 1. The van der Waals surface area contributed by atoms with E-state index in [0.717, 1.165) is 15.6 Å². The summed E-state index contributed by atoms with van der Waals surface area (Å²) >= 11 is 3.46. The zero-order valence-corrected chi connectivity index (χ0v) is 9.64. The van der Waals surface area contributed by atoms with Crippen molar-refractivity contribution in [1.82, 2.24) is 0 Å². The molecule has 0 aliphatic carbocycles. The Morgan fingerprint density at radius 1 is 1.38 bits per heavy atom. The minimum absolute atomic E-state index is 0.259. The molecule has 0 saturated heterocycles. The van der Waals surface area contributed by atoms with Crippen LogP contribution in [0.2, 0.25) is 0 Å². The molecule has 0 atom stereocenters. The molecule has 0 bridgehead atoms. The molecule has 0 spiro atoms. The molecular weight excluding hydrogens is 230 g/mol. The van der Waals surface area contributed by atoms with Crippen molar-refractivity contribution in [1.29, 1.82) is 0 Å². The highest BCUT2D eigenvalue weighted by Gasteiger charge is 2.19. The average molecular weight is 244 g/mol. The topological polar surface area (TPSA) is 46.2 Å². The largest absolute Gasteiger partial charge is 0.508 e. The van der Waals surface area contributed by atoms with Crippen LogP contribution in [0.4, 0.5) is 0 Å². The lowest BCUT2D eigenvalue weighted by Gasteiger charge is -2.22. The van der Waals surface area contributed by atoms with E-state index < -0.39 is 5.54 Å². The first kappa shape index (κ1) is 10.5. The second kappa shape index (κ2) is 3.31. The van der Waals surface area contributed by atoms with Gasteiger partial charge < -0.3 is 10.8 Å². The minimum atomic E-state index is -0.442. The van der Waals surface area contributed by atoms with Crippen LogP contribution in [-0.4, -0.2) is 5.11 Å². The van der Waals surface area contributed by atoms with E-state index in [-0.39, 0.29) is 5.75 Å². The molecule has 3 N–H and O–H groups in total. The fraction of sp³-hybridized carbons (Fsp3) is 0.400. The normalized spacial score (nSPS) is 11.8. The Labute approximate surface area is 86.9 Å². The molecule has 2 nitrogen and oxygen atoms in total. The van der Waals surface area contributed by atoms with Gasteiger partial charge in [0, 0.05) is 10.0 Å². The SMILES string of the molecule is Cc1cc(O)cc(C(C)(C)N)c1Br. The van der Waals surface area contributed by atoms with Crippen LogP contribution in [0.25, 0.3) is 0 Å². The van der Waals surface area contributed by atoms with E-state index >= 15 is 0 Å². The van der Waals surface area contributed by atoms with E-state index in [1.54, 1.807) is 12.1 Å². The van der Waals surface area contributed by atoms with Crippen molar-refractivity contribution < 1.29 is 5.11 Å². The Kier molecular flexibility index (Phi) is 2.68. The maximum atomic E-state index is 9.41. The second-order valence-corrected chi connectivity index (χ2v) is 4.64. The lowest BCUT2D eigenvalue weighted by Crippen LogP contribution is -2.29. The van der Waals surface area contributed by atoms with Gasteiger partial charge in [-0.3, -0.25) is 0 Å². The van der Waals surface area contributed by atoms with Crippen LogP contribution in [0.15, 0.2) is 16.6 Å². The number of nitrogens with two attached hydrogens (primary N) is 1. The Morgan fingerprint density at radius 2 is 1.92 bits per heavy atom. The molecule has 13 heavy (non-hydrogen) atoms. The molecule has 0 amide bonds. The predicted octanol–water partition coefficient (Wildman–Crippen LogP) is 2.66. The summed E-state index contributed by atoms with van der Waals surface area (Å²) in [5, 5.41) is 9.41. The van der Waals surface area contributed by atoms with Crippen LogP contribution in [0, 0.1) is 6.92 Å². The molecule has 0 aromatic heterocycles. The van der Waals surface area contributed by atoms with Gasteiger partial charge in [0.1, 0.15) is 5.75 Å². The highest BCUT2D eigenvalue weighted by Crippen LogP contribution is 2.32. The minimum Gasteiger partial charge on any atom is -0.508 e. The molecule has 1 rings (SSSR count). The van der Waals surface area contributed by atoms with E-state index in [2.05, 4.69) is 15.9 Å². The number of hydrogen-bond donors (Lipinski definition) is 2. The van der Waals surface area contributed by atoms with Crippen molar-refractivity contribution in [3.8, 4) is 5.75 Å². The first-order valence-corrected chi connectivity index (χ1v) is 4.90. The number of phenols is 1. The van der Waals surface area contributed by atoms with Crippen LogP contribution < -0.4 is 5.73 Å². The number of rotatable bonds is 1. The molecule has 0 fully saturated rings. The lowest BCUT2D eigenvalue weighted by atomic mass is 9.94. The van der Waals surface area contributed by atoms with Gasteiger partial charge in [0.15, 0.2) is 0 Å². The van der Waals surface area contributed by atoms with Gasteiger partial charge in [-0.2, -0.15) is 0 Å². The van der Waals surface area contributed by atoms with Crippen molar-refractivity contribution in [2.45, 2.75) is 26.3 Å². The smallest absolute Gasteiger partial charge is 0.116 e. The molecular formula is C10H14BrNO. The summed E-state index contributed by atoms with van der Waals surface area (Å²) in [6.45, 7) is 5.75. The van der Waals surface area contributed by atoms with Crippen LogP contribution >= 0.6 is 15.9 Å². The fourth-order valence-corrected chi connectivity index (χ4v) is 1.96. The summed E-state index contributed by atoms with van der Waals surface area (Å²) in [6.07, 6.45) is 0. The number of aryl methyl sites for hydroxylation is 1. The Hall–Kier alpha value is -0.540. The third kappa shape index (κ3) is 2.23. The summed E-state index contributed by atoms with van der Waals surface area (Å²) in [5.74, 6) is 0.259. The maximum Gasteiger partial charge on any atom is 0.116 e. The predicted molar refractivity (Wildman–Crippen MR) is 57.8 cm³/mol. The third-order valence-electron chi connectivity index (χ3n) is 1.93. The molecule has 0 aliphatic rings. The van der Waals surface area contributed by atoms with Gasteiger partial charge in [0.05, 0.1) is 0 Å². The van der Waals surface area contributed by atoms with E-state index in [1.165, 1.54) is 0 Å². The van der Waals surface area contributed by atoms with Gasteiger partial charge in [-0.1, -0.05) is 15.9 Å². The highest BCUT2D eigenvalue weighted by molar-refractivity contribution is 9.10. The number of benzene rings is 1. The molecule has 1 aromatic carbocycles. The molecule has 0 unspecified atom stereocenters. The quantitative estimate of drug-likeness (QED) is 0.797. The molecule has 72 valence electrons. The lowest BCUT2D eigenvalue weighted by molar-refractivity contribution is 0.468. The molecule has 1 aromatic rings. The highest BCUT2D eigenvalue weighted by atomic mass is 79.9. The zero-order valence-electron chi connectivity index (χ0n) is 8.06. The van der Waals surface area contributed by atoms with Gasteiger partial charge in [-0.05, 0) is 44.0 Å². The summed E-state index contributed by atoms with van der Waals surface area (Å²) in [5.41, 5.74) is 7.43. The maximum absolute atomic E-state index is 9.41. The van der Waals surface area contributed by atoms with Crippen molar-refractivity contribution in [3.05, 3.63) is 27.7 Å². The van der Waals surface area contributed by atoms with Crippen molar-refractivity contribution in [3.63, 3.8) is 0 Å².